The van der Waals surface area contributed by atoms with Crippen molar-refractivity contribution in [2.45, 2.75) is 40.0 Å². The molecule has 65 heavy (non-hydrogen) atoms. The molecule has 0 saturated heterocycles. The first-order valence-corrected chi connectivity index (χ1v) is 21.3. The maximum absolute atomic E-state index is 9.14. The number of pyridine rings is 2. The summed E-state index contributed by atoms with van der Waals surface area (Å²) in [5, 5.41) is 2.11. The highest BCUT2D eigenvalue weighted by Gasteiger charge is 2.22. The smallest absolute Gasteiger partial charge is 0.269 e. The highest BCUT2D eigenvalue weighted by Crippen LogP contribution is 2.38. The minimum atomic E-state index is -0.575. The maximum atomic E-state index is 9.14. The van der Waals surface area contributed by atoms with E-state index < -0.39 is 60.4 Å². The van der Waals surface area contributed by atoms with Crippen LogP contribution in [0.5, 0.6) is 11.5 Å². The number of imidazole rings is 1. The van der Waals surface area contributed by atoms with Gasteiger partial charge in [-0.15, -0.1) is 0 Å². The third kappa shape index (κ3) is 7.33. The van der Waals surface area contributed by atoms with Crippen LogP contribution in [0.2, 0.25) is 0 Å². The lowest BCUT2D eigenvalue weighted by atomic mass is 9.88. The molecule has 4 aromatic heterocycles. The molecule has 0 atom stereocenters. The molecule has 0 aliphatic heterocycles. The maximum Gasteiger partial charge on any atom is 0.269 e. The summed E-state index contributed by atoms with van der Waals surface area (Å²) < 4.78 is 101. The van der Waals surface area contributed by atoms with Crippen LogP contribution < -0.4 is 9.30 Å². The highest BCUT2D eigenvalue weighted by atomic mass is 16.5. The molecule has 0 aliphatic carbocycles. The average molecular weight is 852 g/mol. The van der Waals surface area contributed by atoms with Gasteiger partial charge in [0.15, 0.2) is 0 Å². The molecule has 6 heteroatoms. The van der Waals surface area contributed by atoms with E-state index in [9.17, 15) is 0 Å². The number of aryl methyl sites for hydroxylation is 2. The summed E-state index contributed by atoms with van der Waals surface area (Å²) in [6.45, 7) is 10.4. The van der Waals surface area contributed by atoms with E-state index in [-0.39, 0.29) is 33.4 Å². The lowest BCUT2D eigenvalue weighted by Gasteiger charge is -2.20. The number of ether oxygens (including phenoxy) is 1. The van der Waals surface area contributed by atoms with Gasteiger partial charge in [0.1, 0.15) is 17.3 Å². The molecule has 0 fully saturated rings. The Balaban J connectivity index is 1.14. The summed E-state index contributed by atoms with van der Waals surface area (Å²) in [4.78, 5) is 9.45. The van der Waals surface area contributed by atoms with E-state index in [1.54, 1.807) is 22.8 Å². The van der Waals surface area contributed by atoms with E-state index in [2.05, 4.69) is 60.9 Å². The molecule has 6 nitrogen and oxygen atoms in total. The van der Waals surface area contributed by atoms with Gasteiger partial charge in [0.05, 0.1) is 47.1 Å². The van der Waals surface area contributed by atoms with Crippen LogP contribution in [0, 0.1) is 20.2 Å². The van der Waals surface area contributed by atoms with E-state index in [0.717, 1.165) is 55.7 Å². The number of hydrogen-bond donors (Lipinski definition) is 0. The van der Waals surface area contributed by atoms with Gasteiger partial charge in [0.25, 0.3) is 6.33 Å². The fourth-order valence-electron chi connectivity index (χ4n) is 8.69. The van der Waals surface area contributed by atoms with Crippen molar-refractivity contribution in [3.8, 4) is 62.1 Å². The van der Waals surface area contributed by atoms with Gasteiger partial charge in [-0.25, -0.2) is 4.98 Å². The molecule has 0 amide bonds. The Hall–Kier alpha value is -8.09. The lowest BCUT2D eigenvalue weighted by Crippen LogP contribution is -2.31. The minimum absolute atomic E-state index is 0.101. The SMILES string of the molecule is [2H]c1c([2H])c([2H])c(-c2cccc(-c3c([2H])c([2H])c([2H])c([2H])c3[2H])c2-[n+]2[c-]n(-c3cccc(Oc4ccc5c6ccccc6n(-c6cc(C(C)(C)C)ccn6)c5c4)c3)c3cc(-c4cc(C)nc(C)c4)ccc32)c([2H])c1[2H]. The zero-order valence-corrected chi connectivity index (χ0v) is 36.3. The van der Waals surface area contributed by atoms with Crippen LogP contribution >= 0.6 is 0 Å². The second-order valence-electron chi connectivity index (χ2n) is 17.1. The number of hydrogen-bond acceptors (Lipinski definition) is 3. The van der Waals surface area contributed by atoms with Crippen LogP contribution in [0.15, 0.2) is 194 Å². The molecule has 0 aliphatic rings. The van der Waals surface area contributed by atoms with Crippen LogP contribution in [0.3, 0.4) is 0 Å². The Kier molecular flexibility index (Phi) is 7.36. The Bertz CT molecular complexity index is 4030. The van der Waals surface area contributed by atoms with Crippen molar-refractivity contribution in [3.05, 3.63) is 217 Å². The lowest BCUT2D eigenvalue weighted by molar-refractivity contribution is -0.571. The van der Waals surface area contributed by atoms with E-state index >= 15 is 0 Å². The van der Waals surface area contributed by atoms with E-state index in [4.69, 9.17) is 23.4 Å². The van der Waals surface area contributed by atoms with Crippen LogP contribution in [0.1, 0.15) is 51.4 Å². The van der Waals surface area contributed by atoms with Gasteiger partial charge < -0.3 is 4.74 Å². The first kappa shape index (κ1) is 30.1. The molecule has 11 aromatic rings. The Labute approximate surface area is 393 Å². The monoisotopic (exact) mass is 851 g/mol. The zero-order chi connectivity index (χ0) is 52.9. The first-order chi connectivity index (χ1) is 35.8. The van der Waals surface area contributed by atoms with Crippen molar-refractivity contribution in [1.29, 1.82) is 0 Å². The third-order valence-corrected chi connectivity index (χ3v) is 11.7. The van der Waals surface area contributed by atoms with Crippen molar-refractivity contribution >= 4 is 32.8 Å². The second kappa shape index (κ2) is 15.9. The van der Waals surface area contributed by atoms with Gasteiger partial charge in [0, 0.05) is 34.4 Å². The fourth-order valence-corrected chi connectivity index (χ4v) is 8.69. The van der Waals surface area contributed by atoms with Crippen molar-refractivity contribution < 1.29 is 23.0 Å². The zero-order valence-electron chi connectivity index (χ0n) is 46.3. The molecule has 0 N–H and O–H groups in total. The first-order valence-electron chi connectivity index (χ1n) is 26.3. The molecule has 0 saturated carbocycles. The average Bonchev–Trinajstić information content (AvgIpc) is 3.94. The van der Waals surface area contributed by atoms with Crippen LogP contribution in [0.25, 0.3) is 83.4 Å². The number of para-hydroxylation sites is 2. The molecular weight excluding hydrogens is 795 g/mol. The topological polar surface area (TPSA) is 48.8 Å². The van der Waals surface area contributed by atoms with Crippen LogP contribution in [0.4, 0.5) is 0 Å². The number of aromatic nitrogens is 5. The summed E-state index contributed by atoms with van der Waals surface area (Å²) in [6, 6.07) is 35.2. The Morgan fingerprint density at radius 1 is 0.585 bits per heavy atom. The molecular formula is C59H47N5O. The number of fused-ring (bicyclic) bond motifs is 4. The molecule has 11 rings (SSSR count). The molecule has 0 bridgehead atoms. The predicted octanol–water partition coefficient (Wildman–Crippen LogP) is 14.3. The van der Waals surface area contributed by atoms with E-state index in [1.165, 1.54) is 0 Å². The summed E-state index contributed by atoms with van der Waals surface area (Å²) >= 11 is 0. The third-order valence-electron chi connectivity index (χ3n) is 11.7. The van der Waals surface area contributed by atoms with Gasteiger partial charge in [-0.1, -0.05) is 136 Å². The molecule has 0 spiro atoms. The van der Waals surface area contributed by atoms with E-state index in [0.29, 0.717) is 28.2 Å². The number of benzene rings is 7. The van der Waals surface area contributed by atoms with Crippen molar-refractivity contribution in [3.63, 3.8) is 0 Å². The Morgan fingerprint density at radius 3 is 1.98 bits per heavy atom. The van der Waals surface area contributed by atoms with Crippen molar-refractivity contribution in [2.75, 3.05) is 0 Å². The molecule has 0 radical (unpaired) electrons. The number of nitrogens with zero attached hydrogens (tertiary/aromatic N) is 5. The van der Waals surface area contributed by atoms with Gasteiger partial charge >= 0.3 is 0 Å². The predicted molar refractivity (Wildman–Crippen MR) is 265 cm³/mol. The summed E-state index contributed by atoms with van der Waals surface area (Å²) in [5.41, 5.74) is 8.32. The minimum Gasteiger partial charge on any atom is -0.458 e. The summed E-state index contributed by atoms with van der Waals surface area (Å²) in [5.74, 6) is 1.86. The van der Waals surface area contributed by atoms with Gasteiger partial charge in [-0.05, 0) is 125 Å². The van der Waals surface area contributed by atoms with Gasteiger partial charge in [-0.3, -0.25) is 18.7 Å². The molecule has 314 valence electrons. The fraction of sp³-hybridized carbons (Fsp3) is 0.102. The molecule has 4 heterocycles. The summed E-state index contributed by atoms with van der Waals surface area (Å²) in [7, 11) is 0. The van der Waals surface area contributed by atoms with Gasteiger partial charge in [-0.2, -0.15) is 0 Å². The van der Waals surface area contributed by atoms with Crippen molar-refractivity contribution in [1.82, 2.24) is 19.1 Å². The molecule has 7 aromatic carbocycles. The second-order valence-corrected chi connectivity index (χ2v) is 17.1. The Morgan fingerprint density at radius 2 is 1.26 bits per heavy atom. The van der Waals surface area contributed by atoms with Crippen molar-refractivity contribution in [2.24, 2.45) is 0 Å². The largest absolute Gasteiger partial charge is 0.458 e. The normalized spacial score (nSPS) is 13.9. The van der Waals surface area contributed by atoms with Gasteiger partial charge in [0.2, 0.25) is 0 Å². The van der Waals surface area contributed by atoms with E-state index in [1.807, 2.05) is 110 Å². The summed E-state index contributed by atoms with van der Waals surface area (Å²) in [6.07, 6.45) is 5.37. The highest BCUT2D eigenvalue weighted by molar-refractivity contribution is 6.09. The standard InChI is InChI=1S/C59H47N5O/c1-39-32-44(33-40(2)61-39)43-26-29-54-56(34-43)62(38-63(54)58-49(41-16-8-6-9-17-41)23-15-24-50(58)42-18-10-7-11-19-42)46-20-14-21-47(36-46)65-48-27-28-52-51-22-12-13-25-53(51)64(55(52)37-48)57-35-45(30-31-60-57)59(3,4)5/h6-37H,1-5H3/i6D,7D,8D,9D,10D,11D,16D,17D,18D,19D. The van der Waals surface area contributed by atoms with Crippen LogP contribution in [-0.2, 0) is 5.41 Å². The molecule has 0 unspecified atom stereocenters. The quantitative estimate of drug-likeness (QED) is 0.113. The van der Waals surface area contributed by atoms with Crippen LogP contribution in [-0.4, -0.2) is 19.1 Å². The number of rotatable bonds is 8.